The molecule has 8 nitrogen and oxygen atoms in total. The lowest BCUT2D eigenvalue weighted by atomic mass is 10.0. The number of hydrogen-bond donors (Lipinski definition) is 0. The van der Waals surface area contributed by atoms with Gasteiger partial charge in [-0.05, 0) is 6.42 Å². The van der Waals surface area contributed by atoms with Crippen LogP contribution in [0.5, 0.6) is 0 Å². The molecule has 0 rings (SSSR count). The Bertz CT molecular complexity index is 554. The van der Waals surface area contributed by atoms with E-state index in [1.807, 2.05) is 21.1 Å². The first-order valence-corrected chi connectivity index (χ1v) is 15.2. The molecule has 0 N–H and O–H groups in total. The molecule has 0 aromatic carbocycles. The van der Waals surface area contributed by atoms with E-state index in [1.165, 1.54) is 84.0 Å². The Morgan fingerprint density at radius 2 is 1.26 bits per heavy atom. The number of phosphoric acid groups is 1. The van der Waals surface area contributed by atoms with E-state index in [1.54, 1.807) is 0 Å². The highest BCUT2D eigenvalue weighted by atomic mass is 31.2. The van der Waals surface area contributed by atoms with Crippen molar-refractivity contribution in [2.45, 2.75) is 110 Å². The van der Waals surface area contributed by atoms with Gasteiger partial charge in [-0.15, -0.1) is 0 Å². The Balaban J connectivity index is 3.89. The van der Waals surface area contributed by atoms with E-state index in [0.717, 1.165) is 12.8 Å². The predicted molar refractivity (Wildman–Crippen MR) is 139 cm³/mol. The summed E-state index contributed by atoms with van der Waals surface area (Å²) in [5.41, 5.74) is 0. The number of rotatable bonds is 25. The van der Waals surface area contributed by atoms with Gasteiger partial charge >= 0.3 is 5.97 Å². The van der Waals surface area contributed by atoms with E-state index in [4.69, 9.17) is 18.5 Å². The summed E-state index contributed by atoms with van der Waals surface area (Å²) in [4.78, 5) is 23.1. The summed E-state index contributed by atoms with van der Waals surface area (Å²) >= 11 is 0. The van der Waals surface area contributed by atoms with Crippen LogP contribution in [-0.2, 0) is 27.9 Å². The number of hydrogen-bond acceptors (Lipinski definition) is 7. The largest absolute Gasteiger partial charge is 0.756 e. The summed E-state index contributed by atoms with van der Waals surface area (Å²) in [5.74, 6) is -0.445. The average Bonchev–Trinajstić information content (AvgIpc) is 2.76. The van der Waals surface area contributed by atoms with Gasteiger partial charge in [-0.1, -0.05) is 90.4 Å². The first-order valence-electron chi connectivity index (χ1n) is 13.7. The zero-order valence-corrected chi connectivity index (χ0v) is 24.2. The maximum Gasteiger partial charge on any atom is 0.302 e. The number of esters is 1. The molecule has 0 bridgehead atoms. The lowest BCUT2D eigenvalue weighted by Crippen LogP contribution is -2.37. The lowest BCUT2D eigenvalue weighted by Gasteiger charge is -2.28. The second-order valence-electron chi connectivity index (χ2n) is 10.5. The van der Waals surface area contributed by atoms with Crippen LogP contribution < -0.4 is 4.89 Å². The van der Waals surface area contributed by atoms with Gasteiger partial charge in [-0.3, -0.25) is 9.36 Å². The predicted octanol–water partition coefficient (Wildman–Crippen LogP) is 5.62. The van der Waals surface area contributed by atoms with Crippen molar-refractivity contribution < 1.29 is 37.3 Å². The number of phosphoric ester groups is 1. The number of unbranched alkanes of at least 4 members (excludes halogenated alkanes) is 13. The number of carbonyl (C=O) groups excluding carboxylic acids is 1. The number of likely N-dealkylation sites (N-methyl/N-ethyl adjacent to an activating group) is 1. The van der Waals surface area contributed by atoms with Crippen molar-refractivity contribution in [3.05, 3.63) is 0 Å². The molecular formula is C26H54NO7P. The SMILES string of the molecule is CCCCCCCCCCCCCCCCOC(COC(C)=O)COP(=O)([O-])OCC[N+](C)(C)C. The Labute approximate surface area is 215 Å². The Morgan fingerprint density at radius 1 is 0.771 bits per heavy atom. The van der Waals surface area contributed by atoms with Crippen molar-refractivity contribution in [1.29, 1.82) is 0 Å². The Morgan fingerprint density at radius 3 is 1.71 bits per heavy atom. The van der Waals surface area contributed by atoms with Crippen molar-refractivity contribution in [2.75, 3.05) is 54.1 Å². The molecule has 0 radical (unpaired) electrons. The number of carbonyl (C=O) groups is 1. The summed E-state index contributed by atoms with van der Waals surface area (Å²) in [7, 11) is 1.40. The second kappa shape index (κ2) is 21.6. The van der Waals surface area contributed by atoms with Crippen LogP contribution in [0, 0.1) is 0 Å². The molecule has 0 aliphatic carbocycles. The van der Waals surface area contributed by atoms with Crippen molar-refractivity contribution in [2.24, 2.45) is 0 Å². The van der Waals surface area contributed by atoms with Crippen molar-refractivity contribution in [1.82, 2.24) is 0 Å². The van der Waals surface area contributed by atoms with E-state index in [9.17, 15) is 14.3 Å². The van der Waals surface area contributed by atoms with Crippen molar-refractivity contribution in [3.8, 4) is 0 Å². The van der Waals surface area contributed by atoms with Gasteiger partial charge in [-0.2, -0.15) is 0 Å². The van der Waals surface area contributed by atoms with Gasteiger partial charge in [0.1, 0.15) is 25.9 Å². The van der Waals surface area contributed by atoms with Crippen LogP contribution in [0.25, 0.3) is 0 Å². The highest BCUT2D eigenvalue weighted by molar-refractivity contribution is 7.45. The Kier molecular flexibility index (Phi) is 21.3. The second-order valence-corrected chi connectivity index (χ2v) is 11.9. The normalized spacial score (nSPS) is 14.6. The molecular weight excluding hydrogens is 469 g/mol. The molecule has 0 aliphatic rings. The molecule has 0 heterocycles. The van der Waals surface area contributed by atoms with E-state index >= 15 is 0 Å². The molecule has 0 saturated carbocycles. The van der Waals surface area contributed by atoms with Crippen LogP contribution in [0.2, 0.25) is 0 Å². The Hall–Kier alpha value is -0.500. The number of ether oxygens (including phenoxy) is 2. The van der Waals surface area contributed by atoms with Crippen LogP contribution in [0.3, 0.4) is 0 Å². The van der Waals surface area contributed by atoms with Gasteiger partial charge in [0.25, 0.3) is 7.82 Å². The smallest absolute Gasteiger partial charge is 0.302 e. The van der Waals surface area contributed by atoms with Crippen LogP contribution >= 0.6 is 7.82 Å². The summed E-state index contributed by atoms with van der Waals surface area (Å²) in [6, 6.07) is 0. The molecule has 2 atom stereocenters. The summed E-state index contributed by atoms with van der Waals surface area (Å²) in [6.45, 7) is 4.31. The highest BCUT2D eigenvalue weighted by Crippen LogP contribution is 2.38. The van der Waals surface area contributed by atoms with Gasteiger partial charge in [-0.25, -0.2) is 0 Å². The summed E-state index contributed by atoms with van der Waals surface area (Å²) in [6.07, 6.45) is 17.2. The van der Waals surface area contributed by atoms with Gasteiger partial charge < -0.3 is 27.9 Å². The molecule has 9 heteroatoms. The standard InChI is InChI=1S/C26H54NO7P/c1-6-7-8-9-10-11-12-13-14-15-16-17-18-19-21-31-26(23-32-25(2)28)24-34-35(29,30)33-22-20-27(3,4)5/h26H,6-24H2,1-5H3. The first kappa shape index (κ1) is 34.5. The minimum Gasteiger partial charge on any atom is -0.756 e. The van der Waals surface area contributed by atoms with Crippen LogP contribution in [0.1, 0.15) is 104 Å². The minimum atomic E-state index is -4.44. The zero-order chi connectivity index (χ0) is 26.4. The van der Waals surface area contributed by atoms with Crippen LogP contribution in [0.4, 0.5) is 0 Å². The third kappa shape index (κ3) is 26.4. The average molecular weight is 524 g/mol. The van der Waals surface area contributed by atoms with E-state index in [2.05, 4.69) is 6.92 Å². The maximum atomic E-state index is 12.0. The third-order valence-corrected chi connectivity index (χ3v) is 6.72. The van der Waals surface area contributed by atoms with Gasteiger partial charge in [0.05, 0.1) is 27.7 Å². The monoisotopic (exact) mass is 523 g/mol. The summed E-state index contributed by atoms with van der Waals surface area (Å²) < 4.78 is 33.2. The van der Waals surface area contributed by atoms with E-state index in [-0.39, 0.29) is 19.8 Å². The molecule has 0 saturated heterocycles. The molecule has 0 spiro atoms. The third-order valence-electron chi connectivity index (χ3n) is 5.75. The van der Waals surface area contributed by atoms with E-state index < -0.39 is 19.9 Å². The maximum absolute atomic E-state index is 12.0. The molecule has 0 aliphatic heterocycles. The van der Waals surface area contributed by atoms with Gasteiger partial charge in [0, 0.05) is 13.5 Å². The molecule has 0 amide bonds. The van der Waals surface area contributed by atoms with Crippen LogP contribution in [0.15, 0.2) is 0 Å². The number of nitrogens with zero attached hydrogens (tertiary/aromatic N) is 1. The van der Waals surface area contributed by atoms with Crippen LogP contribution in [-0.4, -0.2) is 70.7 Å². The topological polar surface area (TPSA) is 94.1 Å². The summed E-state index contributed by atoms with van der Waals surface area (Å²) in [5, 5.41) is 0. The fourth-order valence-corrected chi connectivity index (χ4v) is 4.27. The molecule has 0 aromatic rings. The molecule has 210 valence electrons. The zero-order valence-electron chi connectivity index (χ0n) is 23.3. The minimum absolute atomic E-state index is 0.0405. The van der Waals surface area contributed by atoms with Gasteiger partial charge in [0.2, 0.25) is 0 Å². The lowest BCUT2D eigenvalue weighted by molar-refractivity contribution is -0.870. The molecule has 35 heavy (non-hydrogen) atoms. The van der Waals surface area contributed by atoms with E-state index in [0.29, 0.717) is 17.6 Å². The van der Waals surface area contributed by atoms with Crippen molar-refractivity contribution >= 4 is 13.8 Å². The molecule has 2 unspecified atom stereocenters. The first-order chi connectivity index (χ1) is 16.6. The number of quaternary nitrogens is 1. The van der Waals surface area contributed by atoms with Crippen molar-refractivity contribution in [3.63, 3.8) is 0 Å². The quantitative estimate of drug-likeness (QED) is 0.0663. The molecule has 0 fully saturated rings. The highest BCUT2D eigenvalue weighted by Gasteiger charge is 2.18. The van der Waals surface area contributed by atoms with Gasteiger partial charge in [0.15, 0.2) is 0 Å². The fourth-order valence-electron chi connectivity index (χ4n) is 3.54. The fraction of sp³-hybridized carbons (Fsp3) is 0.962. The molecule has 0 aromatic heterocycles.